The van der Waals surface area contributed by atoms with E-state index >= 15 is 0 Å². The maximum atomic E-state index is 4.29. The highest BCUT2D eigenvalue weighted by atomic mass is 15.3. The van der Waals surface area contributed by atoms with Crippen LogP contribution in [-0.2, 0) is 13.6 Å². The van der Waals surface area contributed by atoms with Crippen LogP contribution in [0.15, 0.2) is 35.8 Å². The predicted molar refractivity (Wildman–Crippen MR) is 95.8 cm³/mol. The number of guanidine groups is 1. The molecule has 1 atom stereocenters. The average molecular weight is 332 g/mol. The van der Waals surface area contributed by atoms with Gasteiger partial charge in [-0.3, -0.25) is 14.4 Å². The lowest BCUT2D eigenvalue weighted by Gasteiger charge is -2.24. The van der Waals surface area contributed by atoms with Gasteiger partial charge in [-0.15, -0.1) is 0 Å². The van der Waals surface area contributed by atoms with Crippen molar-refractivity contribution in [2.75, 3.05) is 34.2 Å². The van der Waals surface area contributed by atoms with Crippen molar-refractivity contribution in [3.63, 3.8) is 0 Å². The Morgan fingerprint density at radius 1 is 1.33 bits per heavy atom. The molecule has 2 aromatic rings. The van der Waals surface area contributed by atoms with E-state index in [9.17, 15) is 0 Å². The number of aryl methyl sites for hydroxylation is 2. The Morgan fingerprint density at radius 3 is 2.75 bits per heavy atom. The van der Waals surface area contributed by atoms with E-state index in [1.165, 1.54) is 5.56 Å². The number of rotatable bonds is 8. The fourth-order valence-corrected chi connectivity index (χ4v) is 2.51. The van der Waals surface area contributed by atoms with Crippen molar-refractivity contribution in [1.82, 2.24) is 35.1 Å². The Morgan fingerprint density at radius 2 is 2.17 bits per heavy atom. The normalized spacial score (nSPS) is 13.3. The van der Waals surface area contributed by atoms with Gasteiger partial charge in [-0.1, -0.05) is 0 Å². The van der Waals surface area contributed by atoms with E-state index < -0.39 is 0 Å². The minimum Gasteiger partial charge on any atom is -0.356 e. The molecule has 2 aromatic heterocycles. The van der Waals surface area contributed by atoms with Crippen molar-refractivity contribution in [3.8, 4) is 0 Å². The Balaban J connectivity index is 1.76. The molecule has 0 aliphatic rings. The van der Waals surface area contributed by atoms with Crippen LogP contribution in [0.2, 0.25) is 0 Å². The number of likely N-dealkylation sites (N-methyl/N-ethyl adjacent to an activating group) is 1. The summed E-state index contributed by atoms with van der Waals surface area (Å²) in [4.78, 5) is 6.46. The number of nitrogens with zero attached hydrogens (tertiary/aromatic N) is 6. The second-order valence-corrected chi connectivity index (χ2v) is 5.93. The molecule has 0 aliphatic carbocycles. The van der Waals surface area contributed by atoms with E-state index in [0.29, 0.717) is 0 Å². The number of aliphatic imine (C=N–C) groups is 1. The number of hydrogen-bond donors (Lipinski definition) is 2. The number of nitrogens with one attached hydrogen (secondary N) is 2. The standard InChI is InChI=1S/C16H28N8/c1-17-16(18-7-5-9-24-10-6-8-20-24)19-12-15(22(2)3)14-11-21-23(4)13-14/h6,8,10-11,13,15H,5,7,9,12H2,1-4H3,(H2,17,18,19). The van der Waals surface area contributed by atoms with E-state index in [-0.39, 0.29) is 6.04 Å². The molecule has 8 nitrogen and oxygen atoms in total. The third kappa shape index (κ3) is 5.38. The van der Waals surface area contributed by atoms with Crippen molar-refractivity contribution in [2.45, 2.75) is 19.0 Å². The van der Waals surface area contributed by atoms with Crippen LogP contribution in [0.3, 0.4) is 0 Å². The van der Waals surface area contributed by atoms with Gasteiger partial charge in [0, 0.05) is 57.9 Å². The van der Waals surface area contributed by atoms with Gasteiger partial charge < -0.3 is 15.5 Å². The minimum absolute atomic E-state index is 0.237. The van der Waals surface area contributed by atoms with Crippen LogP contribution < -0.4 is 10.6 Å². The van der Waals surface area contributed by atoms with Crippen molar-refractivity contribution in [1.29, 1.82) is 0 Å². The summed E-state index contributed by atoms with van der Waals surface area (Å²) in [5.41, 5.74) is 1.18. The Hall–Kier alpha value is -2.35. The second kappa shape index (κ2) is 9.07. The molecule has 2 rings (SSSR count). The van der Waals surface area contributed by atoms with Crippen LogP contribution >= 0.6 is 0 Å². The zero-order valence-electron chi connectivity index (χ0n) is 15.0. The second-order valence-electron chi connectivity index (χ2n) is 5.93. The van der Waals surface area contributed by atoms with Crippen LogP contribution in [0.5, 0.6) is 0 Å². The largest absolute Gasteiger partial charge is 0.356 e. The Bertz CT molecular complexity index is 614. The minimum atomic E-state index is 0.237. The average Bonchev–Trinajstić information content (AvgIpc) is 3.21. The molecule has 0 fully saturated rings. The molecule has 0 aromatic carbocycles. The zero-order valence-corrected chi connectivity index (χ0v) is 15.0. The molecule has 0 spiro atoms. The molecule has 0 aliphatic heterocycles. The lowest BCUT2D eigenvalue weighted by Crippen LogP contribution is -2.42. The Labute approximate surface area is 143 Å². The lowest BCUT2D eigenvalue weighted by molar-refractivity contribution is 0.298. The molecule has 0 radical (unpaired) electrons. The van der Waals surface area contributed by atoms with Crippen LogP contribution in [0.1, 0.15) is 18.0 Å². The highest BCUT2D eigenvalue weighted by Gasteiger charge is 2.16. The van der Waals surface area contributed by atoms with Gasteiger partial charge >= 0.3 is 0 Å². The SMILES string of the molecule is CN=C(NCCCn1cccn1)NCC(c1cnn(C)c1)N(C)C. The quantitative estimate of drug-likeness (QED) is 0.418. The van der Waals surface area contributed by atoms with E-state index in [1.54, 1.807) is 13.2 Å². The molecule has 24 heavy (non-hydrogen) atoms. The highest BCUT2D eigenvalue weighted by molar-refractivity contribution is 5.79. The van der Waals surface area contributed by atoms with Gasteiger partial charge in [-0.2, -0.15) is 10.2 Å². The van der Waals surface area contributed by atoms with Crippen LogP contribution in [-0.4, -0.2) is 64.7 Å². The summed E-state index contributed by atoms with van der Waals surface area (Å²) < 4.78 is 3.76. The monoisotopic (exact) mass is 332 g/mol. The van der Waals surface area contributed by atoms with Crippen LogP contribution in [0, 0.1) is 0 Å². The molecule has 0 saturated carbocycles. The van der Waals surface area contributed by atoms with Gasteiger partial charge in [0.25, 0.3) is 0 Å². The Kier molecular flexibility index (Phi) is 6.80. The molecule has 0 amide bonds. The summed E-state index contributed by atoms with van der Waals surface area (Å²) in [5, 5.41) is 15.2. The van der Waals surface area contributed by atoms with E-state index in [4.69, 9.17) is 0 Å². The van der Waals surface area contributed by atoms with Crippen molar-refractivity contribution < 1.29 is 0 Å². The summed E-state index contributed by atoms with van der Waals surface area (Å²) in [6, 6.07) is 2.18. The van der Waals surface area contributed by atoms with Gasteiger partial charge in [-0.05, 0) is 26.6 Å². The molecule has 0 saturated heterocycles. The predicted octanol–water partition coefficient (Wildman–Crippen LogP) is 0.475. The molecule has 8 heteroatoms. The van der Waals surface area contributed by atoms with E-state index in [2.05, 4.69) is 44.8 Å². The van der Waals surface area contributed by atoms with Crippen molar-refractivity contribution >= 4 is 5.96 Å². The third-order valence-corrected chi connectivity index (χ3v) is 3.84. The summed E-state index contributed by atoms with van der Waals surface area (Å²) in [7, 11) is 7.86. The maximum Gasteiger partial charge on any atom is 0.191 e. The number of aromatic nitrogens is 4. The highest BCUT2D eigenvalue weighted by Crippen LogP contribution is 2.15. The first kappa shape index (κ1) is 18.0. The molecule has 2 N–H and O–H groups in total. The van der Waals surface area contributed by atoms with E-state index in [0.717, 1.165) is 32.0 Å². The van der Waals surface area contributed by atoms with Crippen molar-refractivity contribution in [3.05, 3.63) is 36.4 Å². The molecule has 0 bridgehead atoms. The van der Waals surface area contributed by atoms with Gasteiger partial charge in [0.15, 0.2) is 5.96 Å². The lowest BCUT2D eigenvalue weighted by atomic mass is 10.1. The first-order chi connectivity index (χ1) is 11.6. The smallest absolute Gasteiger partial charge is 0.191 e. The molecule has 132 valence electrons. The van der Waals surface area contributed by atoms with Crippen LogP contribution in [0.4, 0.5) is 0 Å². The molecular weight excluding hydrogens is 304 g/mol. The van der Waals surface area contributed by atoms with Gasteiger partial charge in [0.05, 0.1) is 12.2 Å². The summed E-state index contributed by atoms with van der Waals surface area (Å²) in [6.07, 6.45) is 8.72. The third-order valence-electron chi connectivity index (χ3n) is 3.84. The van der Waals surface area contributed by atoms with E-state index in [1.807, 2.05) is 41.1 Å². The molecule has 2 heterocycles. The zero-order chi connectivity index (χ0) is 17.4. The molecular formula is C16H28N8. The summed E-state index contributed by atoms with van der Waals surface area (Å²) >= 11 is 0. The first-order valence-corrected chi connectivity index (χ1v) is 8.17. The summed E-state index contributed by atoms with van der Waals surface area (Å²) in [6.45, 7) is 2.50. The topological polar surface area (TPSA) is 75.3 Å². The fraction of sp³-hybridized carbons (Fsp3) is 0.562. The maximum absolute atomic E-state index is 4.29. The first-order valence-electron chi connectivity index (χ1n) is 8.17. The van der Waals surface area contributed by atoms with Gasteiger partial charge in [0.2, 0.25) is 0 Å². The number of hydrogen-bond acceptors (Lipinski definition) is 4. The summed E-state index contributed by atoms with van der Waals surface area (Å²) in [5.74, 6) is 0.811. The van der Waals surface area contributed by atoms with Crippen LogP contribution in [0.25, 0.3) is 0 Å². The fourth-order valence-electron chi connectivity index (χ4n) is 2.51. The molecule has 1 unspecified atom stereocenters. The van der Waals surface area contributed by atoms with Gasteiger partial charge in [0.1, 0.15) is 0 Å². The van der Waals surface area contributed by atoms with Crippen molar-refractivity contribution in [2.24, 2.45) is 12.0 Å². The van der Waals surface area contributed by atoms with Gasteiger partial charge in [-0.25, -0.2) is 0 Å².